The maximum atomic E-state index is 11.3. The summed E-state index contributed by atoms with van der Waals surface area (Å²) in [4.78, 5) is 11.3. The van der Waals surface area contributed by atoms with E-state index in [4.69, 9.17) is 0 Å². The molecule has 0 heterocycles. The average molecular weight is 268 g/mol. The van der Waals surface area contributed by atoms with Crippen molar-refractivity contribution in [3.8, 4) is 11.1 Å². The normalized spacial score (nSPS) is 11.4. The fourth-order valence-corrected chi connectivity index (χ4v) is 2.24. The van der Waals surface area contributed by atoms with Crippen LogP contribution in [0.4, 0.5) is 0 Å². The van der Waals surface area contributed by atoms with Crippen LogP contribution in [0.3, 0.4) is 0 Å². The van der Waals surface area contributed by atoms with E-state index in [2.05, 4.69) is 32.0 Å². The third-order valence-corrected chi connectivity index (χ3v) is 3.85. The number of carboxylic acids is 1. The van der Waals surface area contributed by atoms with Gasteiger partial charge >= 0.3 is 5.97 Å². The largest absolute Gasteiger partial charge is 0.481 e. The van der Waals surface area contributed by atoms with Crippen LogP contribution in [0.5, 0.6) is 0 Å². The van der Waals surface area contributed by atoms with Crippen LogP contribution in [0.1, 0.15) is 30.5 Å². The van der Waals surface area contributed by atoms with E-state index in [1.807, 2.05) is 24.3 Å². The van der Waals surface area contributed by atoms with Gasteiger partial charge in [-0.3, -0.25) is 4.79 Å². The van der Waals surface area contributed by atoms with Crippen LogP contribution in [0.25, 0.3) is 11.1 Å². The number of carbonyl (C=O) groups is 1. The van der Waals surface area contributed by atoms with E-state index in [1.165, 1.54) is 16.7 Å². The summed E-state index contributed by atoms with van der Waals surface area (Å²) in [7, 11) is 0. The molecule has 0 saturated heterocycles. The third-order valence-electron chi connectivity index (χ3n) is 3.85. The molecule has 0 spiro atoms. The van der Waals surface area contributed by atoms with Crippen LogP contribution >= 0.6 is 0 Å². The molecule has 0 unspecified atom stereocenters. The van der Waals surface area contributed by atoms with Crippen LogP contribution in [0, 0.1) is 13.8 Å². The lowest BCUT2D eigenvalue weighted by Gasteiger charge is -2.20. The molecule has 0 radical (unpaired) electrons. The molecule has 0 atom stereocenters. The fraction of sp³-hybridized carbons (Fsp3) is 0.278. The number of hydrogen-bond acceptors (Lipinski definition) is 1. The molecular formula is C18H20O2. The van der Waals surface area contributed by atoms with Gasteiger partial charge in [0.25, 0.3) is 0 Å². The molecule has 20 heavy (non-hydrogen) atoms. The SMILES string of the molecule is Cc1ccc(C)c(-c2ccc(C(C)(C)C(=O)O)cc2)c1. The van der Waals surface area contributed by atoms with Crippen molar-refractivity contribution in [2.75, 3.05) is 0 Å². The lowest BCUT2D eigenvalue weighted by Crippen LogP contribution is -2.28. The van der Waals surface area contributed by atoms with Gasteiger partial charge in [-0.05, 0) is 49.9 Å². The van der Waals surface area contributed by atoms with Crippen molar-refractivity contribution in [3.05, 3.63) is 59.2 Å². The van der Waals surface area contributed by atoms with Gasteiger partial charge in [0.05, 0.1) is 5.41 Å². The van der Waals surface area contributed by atoms with Crippen molar-refractivity contribution in [1.82, 2.24) is 0 Å². The summed E-state index contributed by atoms with van der Waals surface area (Å²) in [6, 6.07) is 14.2. The second-order valence-electron chi connectivity index (χ2n) is 5.83. The van der Waals surface area contributed by atoms with E-state index < -0.39 is 11.4 Å². The Hall–Kier alpha value is -2.09. The van der Waals surface area contributed by atoms with Crippen molar-refractivity contribution in [2.24, 2.45) is 0 Å². The average Bonchev–Trinajstić information content (AvgIpc) is 2.41. The van der Waals surface area contributed by atoms with E-state index in [9.17, 15) is 9.90 Å². The highest BCUT2D eigenvalue weighted by Crippen LogP contribution is 2.29. The number of aryl methyl sites for hydroxylation is 2. The predicted molar refractivity (Wildman–Crippen MR) is 82.0 cm³/mol. The Labute approximate surface area is 120 Å². The molecule has 2 nitrogen and oxygen atoms in total. The van der Waals surface area contributed by atoms with Gasteiger partial charge in [0.1, 0.15) is 0 Å². The maximum absolute atomic E-state index is 11.3. The minimum atomic E-state index is -0.861. The van der Waals surface area contributed by atoms with Crippen LogP contribution in [0.15, 0.2) is 42.5 Å². The molecule has 2 aromatic carbocycles. The Morgan fingerprint density at radius 1 is 1.00 bits per heavy atom. The van der Waals surface area contributed by atoms with Gasteiger partial charge in [-0.1, -0.05) is 48.0 Å². The Kier molecular flexibility index (Phi) is 3.67. The van der Waals surface area contributed by atoms with Gasteiger partial charge in [-0.25, -0.2) is 0 Å². The second-order valence-corrected chi connectivity index (χ2v) is 5.83. The second kappa shape index (κ2) is 5.12. The Morgan fingerprint density at radius 2 is 1.60 bits per heavy atom. The van der Waals surface area contributed by atoms with Crippen LogP contribution in [-0.2, 0) is 10.2 Å². The summed E-state index contributed by atoms with van der Waals surface area (Å²) in [6.07, 6.45) is 0. The van der Waals surface area contributed by atoms with E-state index in [1.54, 1.807) is 13.8 Å². The highest BCUT2D eigenvalue weighted by atomic mass is 16.4. The Morgan fingerprint density at radius 3 is 2.15 bits per heavy atom. The van der Waals surface area contributed by atoms with E-state index >= 15 is 0 Å². The first-order chi connectivity index (χ1) is 9.32. The minimum absolute atomic E-state index is 0.808. The quantitative estimate of drug-likeness (QED) is 0.899. The summed E-state index contributed by atoms with van der Waals surface area (Å²) >= 11 is 0. The topological polar surface area (TPSA) is 37.3 Å². The van der Waals surface area contributed by atoms with E-state index in [-0.39, 0.29) is 0 Å². The summed E-state index contributed by atoms with van der Waals surface area (Å²) in [6.45, 7) is 7.61. The van der Waals surface area contributed by atoms with Crippen molar-refractivity contribution in [2.45, 2.75) is 33.1 Å². The first-order valence-electron chi connectivity index (χ1n) is 6.74. The molecule has 0 aromatic heterocycles. The van der Waals surface area contributed by atoms with Gasteiger partial charge in [-0.2, -0.15) is 0 Å². The summed E-state index contributed by atoms with van der Waals surface area (Å²) in [5.41, 5.74) is 4.72. The lowest BCUT2D eigenvalue weighted by atomic mass is 9.84. The van der Waals surface area contributed by atoms with Gasteiger partial charge in [-0.15, -0.1) is 0 Å². The van der Waals surface area contributed by atoms with E-state index in [0.29, 0.717) is 0 Å². The minimum Gasteiger partial charge on any atom is -0.481 e. The van der Waals surface area contributed by atoms with Crippen molar-refractivity contribution in [1.29, 1.82) is 0 Å². The van der Waals surface area contributed by atoms with Crippen LogP contribution < -0.4 is 0 Å². The standard InChI is InChI=1S/C18H20O2/c1-12-5-6-13(2)16(11-12)14-7-9-15(10-8-14)18(3,4)17(19)20/h5-11H,1-4H3,(H,19,20). The molecule has 0 amide bonds. The molecule has 0 bridgehead atoms. The molecule has 0 aliphatic carbocycles. The fourth-order valence-electron chi connectivity index (χ4n) is 2.24. The van der Waals surface area contributed by atoms with Crippen LogP contribution in [0.2, 0.25) is 0 Å². The van der Waals surface area contributed by atoms with E-state index in [0.717, 1.165) is 11.1 Å². The molecule has 2 rings (SSSR count). The number of hydrogen-bond donors (Lipinski definition) is 1. The molecule has 0 fully saturated rings. The predicted octanol–water partition coefficient (Wildman–Crippen LogP) is 4.33. The monoisotopic (exact) mass is 268 g/mol. The number of benzene rings is 2. The number of carboxylic acid groups (broad SMARTS) is 1. The third kappa shape index (κ3) is 2.60. The first kappa shape index (κ1) is 14.3. The van der Waals surface area contributed by atoms with Gasteiger partial charge in [0, 0.05) is 0 Å². The number of aliphatic carboxylic acids is 1. The van der Waals surface area contributed by atoms with Crippen molar-refractivity contribution >= 4 is 5.97 Å². The molecule has 0 saturated carbocycles. The molecule has 2 aromatic rings. The highest BCUT2D eigenvalue weighted by Gasteiger charge is 2.29. The molecule has 104 valence electrons. The van der Waals surface area contributed by atoms with Crippen molar-refractivity contribution < 1.29 is 9.90 Å². The zero-order valence-electron chi connectivity index (χ0n) is 12.4. The van der Waals surface area contributed by atoms with Crippen LogP contribution in [-0.4, -0.2) is 11.1 Å². The molecular weight excluding hydrogens is 248 g/mol. The smallest absolute Gasteiger partial charge is 0.313 e. The molecule has 1 N–H and O–H groups in total. The zero-order chi connectivity index (χ0) is 14.9. The molecule has 2 heteroatoms. The highest BCUT2D eigenvalue weighted by molar-refractivity contribution is 5.80. The number of rotatable bonds is 3. The van der Waals surface area contributed by atoms with Gasteiger partial charge in [0.15, 0.2) is 0 Å². The van der Waals surface area contributed by atoms with Gasteiger partial charge in [0.2, 0.25) is 0 Å². The first-order valence-corrected chi connectivity index (χ1v) is 6.74. The Balaban J connectivity index is 2.43. The zero-order valence-corrected chi connectivity index (χ0v) is 12.4. The molecule has 0 aliphatic rings. The summed E-state index contributed by atoms with van der Waals surface area (Å²) in [5.74, 6) is -0.808. The summed E-state index contributed by atoms with van der Waals surface area (Å²) in [5, 5.41) is 9.26. The summed E-state index contributed by atoms with van der Waals surface area (Å²) < 4.78 is 0. The Bertz CT molecular complexity index is 637. The van der Waals surface area contributed by atoms with Gasteiger partial charge < -0.3 is 5.11 Å². The van der Waals surface area contributed by atoms with Crippen molar-refractivity contribution in [3.63, 3.8) is 0 Å². The maximum Gasteiger partial charge on any atom is 0.313 e. The lowest BCUT2D eigenvalue weighted by molar-refractivity contribution is -0.142. The molecule has 0 aliphatic heterocycles.